The molecule has 8 nitrogen and oxygen atoms in total. The molecule has 0 radical (unpaired) electrons. The molecular weight excluding hydrogens is 447 g/mol. The summed E-state index contributed by atoms with van der Waals surface area (Å²) in [4.78, 5) is 28.9. The summed E-state index contributed by atoms with van der Waals surface area (Å²) < 4.78 is 39.9. The number of carbonyl (C=O) groups is 2. The van der Waals surface area contributed by atoms with Gasteiger partial charge >= 0.3 is 0 Å². The van der Waals surface area contributed by atoms with Crippen LogP contribution in [0.5, 0.6) is 0 Å². The highest BCUT2D eigenvalue weighted by molar-refractivity contribution is 7.89. The van der Waals surface area contributed by atoms with Gasteiger partial charge in [0.2, 0.25) is 15.9 Å². The topological polar surface area (TPSA) is 90.0 Å². The SMILES string of the molecule is CCN(CC)S(=O)(=O)c1cccc(C(=O)N2CCN(CC(=O)Nc3ccc(F)cc3)CC2)c1. The van der Waals surface area contributed by atoms with Gasteiger partial charge < -0.3 is 10.2 Å². The fraction of sp³-hybridized carbons (Fsp3) is 0.391. The zero-order chi connectivity index (χ0) is 24.0. The van der Waals surface area contributed by atoms with Gasteiger partial charge in [-0.1, -0.05) is 19.9 Å². The minimum Gasteiger partial charge on any atom is -0.336 e. The Morgan fingerprint density at radius 3 is 2.24 bits per heavy atom. The first-order valence-electron chi connectivity index (χ1n) is 10.9. The van der Waals surface area contributed by atoms with Crippen LogP contribution in [-0.4, -0.2) is 80.2 Å². The molecule has 1 aliphatic heterocycles. The highest BCUT2D eigenvalue weighted by atomic mass is 32.2. The number of sulfonamides is 1. The van der Waals surface area contributed by atoms with Gasteiger partial charge in [0.25, 0.3) is 5.91 Å². The summed E-state index contributed by atoms with van der Waals surface area (Å²) >= 11 is 0. The Bertz CT molecular complexity index is 1080. The Kier molecular flexibility index (Phi) is 8.17. The van der Waals surface area contributed by atoms with Crippen molar-refractivity contribution in [2.45, 2.75) is 18.7 Å². The number of hydrogen-bond donors (Lipinski definition) is 1. The van der Waals surface area contributed by atoms with Gasteiger partial charge in [-0.25, -0.2) is 12.8 Å². The maximum atomic E-state index is 13.0. The molecule has 10 heteroatoms. The average molecular weight is 477 g/mol. The van der Waals surface area contributed by atoms with Gasteiger partial charge in [0, 0.05) is 50.5 Å². The fourth-order valence-corrected chi connectivity index (χ4v) is 5.24. The molecule has 1 saturated heterocycles. The lowest BCUT2D eigenvalue weighted by atomic mass is 10.2. The van der Waals surface area contributed by atoms with Crippen molar-refractivity contribution in [3.63, 3.8) is 0 Å². The Morgan fingerprint density at radius 2 is 1.64 bits per heavy atom. The summed E-state index contributed by atoms with van der Waals surface area (Å²) in [6.07, 6.45) is 0. The van der Waals surface area contributed by atoms with Crippen molar-refractivity contribution in [2.75, 3.05) is 51.1 Å². The lowest BCUT2D eigenvalue weighted by molar-refractivity contribution is -0.117. The van der Waals surface area contributed by atoms with E-state index < -0.39 is 10.0 Å². The molecule has 1 fully saturated rings. The van der Waals surface area contributed by atoms with Crippen molar-refractivity contribution >= 4 is 27.5 Å². The second kappa shape index (κ2) is 10.9. The van der Waals surface area contributed by atoms with Gasteiger partial charge in [-0.05, 0) is 42.5 Å². The highest BCUT2D eigenvalue weighted by Gasteiger charge is 2.26. The molecular formula is C23H29FN4O4S. The first-order valence-corrected chi connectivity index (χ1v) is 12.4. The van der Waals surface area contributed by atoms with Crippen molar-refractivity contribution in [2.24, 2.45) is 0 Å². The molecule has 0 bridgehead atoms. The van der Waals surface area contributed by atoms with Crippen LogP contribution in [0.2, 0.25) is 0 Å². The van der Waals surface area contributed by atoms with Crippen molar-refractivity contribution in [3.05, 3.63) is 59.9 Å². The van der Waals surface area contributed by atoms with Gasteiger partial charge in [-0.2, -0.15) is 4.31 Å². The molecule has 0 atom stereocenters. The number of carbonyl (C=O) groups excluding carboxylic acids is 2. The largest absolute Gasteiger partial charge is 0.336 e. The van der Waals surface area contributed by atoms with E-state index >= 15 is 0 Å². The van der Waals surface area contributed by atoms with E-state index in [0.717, 1.165) is 0 Å². The summed E-state index contributed by atoms with van der Waals surface area (Å²) in [6.45, 7) is 6.30. The first-order chi connectivity index (χ1) is 15.7. The summed E-state index contributed by atoms with van der Waals surface area (Å²) in [5.41, 5.74) is 0.848. The van der Waals surface area contributed by atoms with Gasteiger partial charge in [-0.15, -0.1) is 0 Å². The van der Waals surface area contributed by atoms with Crippen LogP contribution in [0.4, 0.5) is 10.1 Å². The molecule has 178 valence electrons. The van der Waals surface area contributed by atoms with E-state index in [9.17, 15) is 22.4 Å². The van der Waals surface area contributed by atoms with Gasteiger partial charge in [0.15, 0.2) is 0 Å². The minimum atomic E-state index is -3.65. The van der Waals surface area contributed by atoms with Crippen LogP contribution in [0.25, 0.3) is 0 Å². The third-order valence-electron chi connectivity index (χ3n) is 5.58. The maximum Gasteiger partial charge on any atom is 0.253 e. The third-order valence-corrected chi connectivity index (χ3v) is 7.62. The Balaban J connectivity index is 1.57. The van der Waals surface area contributed by atoms with Crippen LogP contribution < -0.4 is 5.32 Å². The molecule has 0 saturated carbocycles. The summed E-state index contributed by atoms with van der Waals surface area (Å²) in [5.74, 6) is -0.817. The number of hydrogen-bond acceptors (Lipinski definition) is 5. The van der Waals surface area contributed by atoms with Crippen LogP contribution in [0.3, 0.4) is 0 Å². The smallest absolute Gasteiger partial charge is 0.253 e. The van der Waals surface area contributed by atoms with Crippen LogP contribution in [0, 0.1) is 5.82 Å². The molecule has 3 rings (SSSR count). The summed E-state index contributed by atoms with van der Waals surface area (Å²) in [6, 6.07) is 11.7. The van der Waals surface area contributed by atoms with Crippen molar-refractivity contribution in [1.82, 2.24) is 14.1 Å². The summed E-state index contributed by atoms with van der Waals surface area (Å²) in [5, 5.41) is 2.73. The fourth-order valence-electron chi connectivity index (χ4n) is 3.73. The van der Waals surface area contributed by atoms with Gasteiger partial charge in [-0.3, -0.25) is 14.5 Å². The second-order valence-electron chi connectivity index (χ2n) is 7.74. The van der Waals surface area contributed by atoms with Crippen LogP contribution in [0.15, 0.2) is 53.4 Å². The van der Waals surface area contributed by atoms with E-state index in [1.54, 1.807) is 30.9 Å². The molecule has 0 aromatic heterocycles. The van der Waals surface area contributed by atoms with E-state index in [0.29, 0.717) is 50.5 Å². The number of nitrogens with one attached hydrogen (secondary N) is 1. The van der Waals surface area contributed by atoms with Crippen molar-refractivity contribution < 1.29 is 22.4 Å². The van der Waals surface area contributed by atoms with Crippen LogP contribution in [-0.2, 0) is 14.8 Å². The molecule has 2 aromatic carbocycles. The van der Waals surface area contributed by atoms with Crippen molar-refractivity contribution in [3.8, 4) is 0 Å². The number of amides is 2. The van der Waals surface area contributed by atoms with Gasteiger partial charge in [0.1, 0.15) is 5.82 Å². The number of benzene rings is 2. The second-order valence-corrected chi connectivity index (χ2v) is 9.68. The monoisotopic (exact) mass is 476 g/mol. The molecule has 0 spiro atoms. The Hall–Kier alpha value is -2.82. The predicted molar refractivity (Wildman–Crippen MR) is 124 cm³/mol. The van der Waals surface area contributed by atoms with E-state index in [-0.39, 0.29) is 29.1 Å². The van der Waals surface area contributed by atoms with Crippen molar-refractivity contribution in [1.29, 1.82) is 0 Å². The van der Waals surface area contributed by atoms with Crippen LogP contribution in [0.1, 0.15) is 24.2 Å². The number of halogens is 1. The Labute approximate surface area is 194 Å². The zero-order valence-electron chi connectivity index (χ0n) is 18.8. The summed E-state index contributed by atoms with van der Waals surface area (Å²) in [7, 11) is -3.65. The molecule has 1 aliphatic rings. The highest BCUT2D eigenvalue weighted by Crippen LogP contribution is 2.18. The zero-order valence-corrected chi connectivity index (χ0v) is 19.6. The van der Waals surface area contributed by atoms with E-state index in [1.807, 2.05) is 4.90 Å². The first kappa shape index (κ1) is 24.8. The van der Waals surface area contributed by atoms with Crippen LogP contribution >= 0.6 is 0 Å². The Morgan fingerprint density at radius 1 is 1.00 bits per heavy atom. The number of anilines is 1. The maximum absolute atomic E-state index is 13.0. The number of rotatable bonds is 8. The molecule has 1 N–H and O–H groups in total. The van der Waals surface area contributed by atoms with E-state index in [1.165, 1.54) is 40.7 Å². The normalized spacial score (nSPS) is 15.0. The third kappa shape index (κ3) is 6.16. The quantitative estimate of drug-likeness (QED) is 0.631. The standard InChI is InChI=1S/C23H29FN4O4S/c1-3-28(4-2)33(31,32)21-7-5-6-18(16-21)23(30)27-14-12-26(13-15-27)17-22(29)25-20-10-8-19(24)9-11-20/h5-11,16H,3-4,12-15,17H2,1-2H3,(H,25,29). The molecule has 0 unspecified atom stereocenters. The van der Waals surface area contributed by atoms with E-state index in [4.69, 9.17) is 0 Å². The number of nitrogens with zero attached hydrogens (tertiary/aromatic N) is 3. The average Bonchev–Trinajstić information content (AvgIpc) is 2.81. The molecule has 2 amide bonds. The lowest BCUT2D eigenvalue weighted by Crippen LogP contribution is -2.50. The predicted octanol–water partition coefficient (Wildman–Crippen LogP) is 2.25. The molecule has 1 heterocycles. The van der Waals surface area contributed by atoms with Gasteiger partial charge in [0.05, 0.1) is 11.4 Å². The lowest BCUT2D eigenvalue weighted by Gasteiger charge is -2.34. The minimum absolute atomic E-state index is 0.105. The molecule has 2 aromatic rings. The number of piperazine rings is 1. The molecule has 33 heavy (non-hydrogen) atoms. The van der Waals surface area contributed by atoms with E-state index in [2.05, 4.69) is 5.32 Å². The molecule has 0 aliphatic carbocycles.